The van der Waals surface area contributed by atoms with Crippen molar-refractivity contribution in [2.45, 2.75) is 32.6 Å². The maximum absolute atomic E-state index is 12.2. The zero-order valence-electron chi connectivity index (χ0n) is 13.7. The van der Waals surface area contributed by atoms with Gasteiger partial charge in [0.25, 0.3) is 5.91 Å². The molecule has 2 rings (SSSR count). The smallest absolute Gasteiger partial charge is 0.255 e. The van der Waals surface area contributed by atoms with E-state index in [1.165, 1.54) is 5.56 Å². The molecule has 5 nitrogen and oxygen atoms in total. The zero-order chi connectivity index (χ0) is 17.4. The molecule has 0 unspecified atom stereocenters. The Hall–Kier alpha value is -2.66. The minimum atomic E-state index is -0.477. The van der Waals surface area contributed by atoms with Crippen LogP contribution in [0.25, 0.3) is 0 Å². The summed E-state index contributed by atoms with van der Waals surface area (Å²) in [6, 6.07) is 14.6. The fraction of sp³-hybridized carbons (Fsp3) is 0.263. The van der Waals surface area contributed by atoms with Gasteiger partial charge in [-0.05, 0) is 48.2 Å². The van der Waals surface area contributed by atoms with Gasteiger partial charge in [0, 0.05) is 11.3 Å². The van der Waals surface area contributed by atoms with Crippen LogP contribution in [0.5, 0.6) is 0 Å². The summed E-state index contributed by atoms with van der Waals surface area (Å²) in [5, 5.41) is 11.3. The molecule has 2 amide bonds. The molecule has 2 aromatic carbocycles. The predicted molar refractivity (Wildman–Crippen MR) is 93.1 cm³/mol. The third kappa shape index (κ3) is 5.21. The van der Waals surface area contributed by atoms with Crippen LogP contribution in [0.2, 0.25) is 0 Å². The number of hydrogen-bond donors (Lipinski definition) is 3. The topological polar surface area (TPSA) is 78.4 Å². The van der Waals surface area contributed by atoms with Crippen LogP contribution in [0.1, 0.15) is 41.3 Å². The van der Waals surface area contributed by atoms with Gasteiger partial charge in [-0.15, -0.1) is 0 Å². The van der Waals surface area contributed by atoms with Crippen LogP contribution in [0.4, 0.5) is 5.69 Å². The van der Waals surface area contributed by atoms with Crippen molar-refractivity contribution in [1.82, 2.24) is 5.48 Å². The van der Waals surface area contributed by atoms with Crippen molar-refractivity contribution in [3.05, 3.63) is 65.2 Å². The highest BCUT2D eigenvalue weighted by atomic mass is 16.5. The van der Waals surface area contributed by atoms with E-state index in [0.717, 1.165) is 24.8 Å². The minimum Gasteiger partial charge on any atom is -0.322 e. The molecule has 126 valence electrons. The standard InChI is InChI=1S/C19H22N2O3/c1-2-3-4-14-5-9-16(10-6-14)19(23)20-17-11-7-15(8-12-17)13-18(22)21-24/h5-12,24H,2-4,13H2,1H3,(H,20,23)(H,21,22). The molecule has 0 heterocycles. The van der Waals surface area contributed by atoms with Gasteiger partial charge in [0.2, 0.25) is 5.91 Å². The van der Waals surface area contributed by atoms with Gasteiger partial charge in [-0.1, -0.05) is 37.6 Å². The maximum atomic E-state index is 12.2. The fourth-order valence-electron chi connectivity index (χ4n) is 2.34. The van der Waals surface area contributed by atoms with Crippen LogP contribution >= 0.6 is 0 Å². The lowest BCUT2D eigenvalue weighted by atomic mass is 10.1. The average Bonchev–Trinajstić information content (AvgIpc) is 2.61. The van der Waals surface area contributed by atoms with Crippen LogP contribution in [0.3, 0.4) is 0 Å². The molecular formula is C19H22N2O3. The first-order valence-electron chi connectivity index (χ1n) is 8.04. The number of hydroxylamine groups is 1. The van der Waals surface area contributed by atoms with Crippen molar-refractivity contribution in [2.75, 3.05) is 5.32 Å². The highest BCUT2D eigenvalue weighted by Gasteiger charge is 2.07. The van der Waals surface area contributed by atoms with E-state index in [-0.39, 0.29) is 12.3 Å². The number of carbonyl (C=O) groups excluding carboxylic acids is 2. The van der Waals surface area contributed by atoms with Gasteiger partial charge >= 0.3 is 0 Å². The van der Waals surface area contributed by atoms with E-state index in [1.807, 2.05) is 24.3 Å². The first kappa shape index (κ1) is 17.7. The fourth-order valence-corrected chi connectivity index (χ4v) is 2.34. The number of aryl methyl sites for hydroxylation is 1. The lowest BCUT2D eigenvalue weighted by molar-refractivity contribution is -0.128. The van der Waals surface area contributed by atoms with E-state index in [1.54, 1.807) is 29.7 Å². The maximum Gasteiger partial charge on any atom is 0.255 e. The molecule has 0 bridgehead atoms. The molecule has 3 N–H and O–H groups in total. The molecule has 0 aliphatic carbocycles. The average molecular weight is 326 g/mol. The van der Waals surface area contributed by atoms with Crippen molar-refractivity contribution in [3.8, 4) is 0 Å². The number of benzene rings is 2. The molecule has 24 heavy (non-hydrogen) atoms. The largest absolute Gasteiger partial charge is 0.322 e. The number of carbonyl (C=O) groups is 2. The molecule has 0 saturated heterocycles. The van der Waals surface area contributed by atoms with Crippen molar-refractivity contribution < 1.29 is 14.8 Å². The third-order valence-corrected chi connectivity index (χ3v) is 3.74. The Labute approximate surface area is 141 Å². The molecule has 0 aliphatic heterocycles. The van der Waals surface area contributed by atoms with E-state index in [4.69, 9.17) is 5.21 Å². The number of hydrogen-bond acceptors (Lipinski definition) is 3. The third-order valence-electron chi connectivity index (χ3n) is 3.74. The minimum absolute atomic E-state index is 0.0873. The van der Waals surface area contributed by atoms with E-state index >= 15 is 0 Å². The van der Waals surface area contributed by atoms with Crippen molar-refractivity contribution >= 4 is 17.5 Å². The predicted octanol–water partition coefficient (Wildman–Crippen LogP) is 3.33. The molecule has 0 radical (unpaired) electrons. The molecule has 0 aliphatic rings. The van der Waals surface area contributed by atoms with Crippen molar-refractivity contribution in [2.24, 2.45) is 0 Å². The summed E-state index contributed by atoms with van der Waals surface area (Å²) in [6.45, 7) is 2.16. The number of nitrogens with one attached hydrogen (secondary N) is 2. The second-order valence-corrected chi connectivity index (χ2v) is 5.66. The summed E-state index contributed by atoms with van der Waals surface area (Å²) in [4.78, 5) is 23.3. The number of rotatable bonds is 7. The summed E-state index contributed by atoms with van der Waals surface area (Å²) in [5.41, 5.74) is 4.84. The lowest BCUT2D eigenvalue weighted by Crippen LogP contribution is -2.20. The second-order valence-electron chi connectivity index (χ2n) is 5.66. The molecule has 0 fully saturated rings. The summed E-state index contributed by atoms with van der Waals surface area (Å²) < 4.78 is 0. The summed E-state index contributed by atoms with van der Waals surface area (Å²) in [7, 11) is 0. The second kappa shape index (κ2) is 8.84. The van der Waals surface area contributed by atoms with Crippen LogP contribution in [0.15, 0.2) is 48.5 Å². The molecule has 0 atom stereocenters. The number of amides is 2. The Morgan fingerprint density at radius 1 is 0.958 bits per heavy atom. The van der Waals surface area contributed by atoms with Crippen molar-refractivity contribution in [1.29, 1.82) is 0 Å². The Balaban J connectivity index is 1.95. The highest BCUT2D eigenvalue weighted by Crippen LogP contribution is 2.13. The first-order valence-corrected chi connectivity index (χ1v) is 8.04. The van der Waals surface area contributed by atoms with E-state index in [0.29, 0.717) is 11.3 Å². The van der Waals surface area contributed by atoms with Gasteiger partial charge in [-0.3, -0.25) is 14.8 Å². The van der Waals surface area contributed by atoms with E-state index < -0.39 is 5.91 Å². The summed E-state index contributed by atoms with van der Waals surface area (Å²) in [6.07, 6.45) is 3.41. The monoisotopic (exact) mass is 326 g/mol. The zero-order valence-corrected chi connectivity index (χ0v) is 13.7. The summed E-state index contributed by atoms with van der Waals surface area (Å²) in [5.74, 6) is -0.646. The quantitative estimate of drug-likeness (QED) is 0.539. The van der Waals surface area contributed by atoms with Gasteiger partial charge in [-0.2, -0.15) is 0 Å². The molecule has 0 spiro atoms. The van der Waals surface area contributed by atoms with Gasteiger partial charge in [0.15, 0.2) is 0 Å². The molecular weight excluding hydrogens is 304 g/mol. The van der Waals surface area contributed by atoms with Gasteiger partial charge in [0.05, 0.1) is 6.42 Å². The Morgan fingerprint density at radius 2 is 1.58 bits per heavy atom. The highest BCUT2D eigenvalue weighted by molar-refractivity contribution is 6.04. The van der Waals surface area contributed by atoms with Gasteiger partial charge in [-0.25, -0.2) is 5.48 Å². The normalized spacial score (nSPS) is 10.2. The van der Waals surface area contributed by atoms with Gasteiger partial charge in [0.1, 0.15) is 0 Å². The first-order chi connectivity index (χ1) is 11.6. The van der Waals surface area contributed by atoms with Crippen LogP contribution in [-0.4, -0.2) is 17.0 Å². The van der Waals surface area contributed by atoms with Gasteiger partial charge < -0.3 is 5.32 Å². The summed E-state index contributed by atoms with van der Waals surface area (Å²) >= 11 is 0. The molecule has 5 heteroatoms. The van der Waals surface area contributed by atoms with Crippen LogP contribution in [-0.2, 0) is 17.6 Å². The lowest BCUT2D eigenvalue weighted by Gasteiger charge is -2.07. The van der Waals surface area contributed by atoms with E-state index in [2.05, 4.69) is 12.2 Å². The number of anilines is 1. The Morgan fingerprint density at radius 3 is 2.17 bits per heavy atom. The Bertz CT molecular complexity index is 679. The SMILES string of the molecule is CCCCc1ccc(C(=O)Nc2ccc(CC(=O)NO)cc2)cc1. The number of unbranched alkanes of at least 4 members (excludes halogenated alkanes) is 1. The van der Waals surface area contributed by atoms with E-state index in [9.17, 15) is 9.59 Å². The van der Waals surface area contributed by atoms with Crippen LogP contribution in [0, 0.1) is 0 Å². The van der Waals surface area contributed by atoms with Crippen molar-refractivity contribution in [3.63, 3.8) is 0 Å². The Kier molecular flexibility index (Phi) is 6.51. The van der Waals surface area contributed by atoms with Crippen LogP contribution < -0.4 is 10.8 Å². The molecule has 2 aromatic rings. The molecule has 0 aromatic heterocycles. The molecule has 0 saturated carbocycles.